The molecule has 166 valence electrons. The molecule has 2 aliphatic rings. The topological polar surface area (TPSA) is 119 Å². The Kier molecular flexibility index (Phi) is 6.28. The Morgan fingerprint density at radius 3 is 2.66 bits per heavy atom. The second-order valence-corrected chi connectivity index (χ2v) is 9.28. The van der Waals surface area contributed by atoms with Crippen molar-refractivity contribution in [3.63, 3.8) is 0 Å². The van der Waals surface area contributed by atoms with Gasteiger partial charge in [-0.1, -0.05) is 0 Å². The van der Waals surface area contributed by atoms with Crippen LogP contribution in [0.15, 0.2) is 52.4 Å². The van der Waals surface area contributed by atoms with Crippen molar-refractivity contribution in [2.45, 2.75) is 31.4 Å². The number of carbonyl (C=O) groups is 3. The first kappa shape index (κ1) is 22.0. The lowest BCUT2D eigenvalue weighted by atomic mass is 10.0. The monoisotopic (exact) mass is 473 g/mol. The minimum Gasteiger partial charge on any atom is -0.456 e. The summed E-state index contributed by atoms with van der Waals surface area (Å²) in [5.41, 5.74) is 2.35. The number of rotatable bonds is 7. The third-order valence-corrected chi connectivity index (χ3v) is 7.29. The van der Waals surface area contributed by atoms with Gasteiger partial charge in [0.05, 0.1) is 11.3 Å². The Labute approximate surface area is 191 Å². The van der Waals surface area contributed by atoms with E-state index >= 15 is 0 Å². The van der Waals surface area contributed by atoms with Crippen LogP contribution in [0, 0.1) is 10.1 Å². The number of amides is 2. The number of ether oxygens (including phenoxy) is 1. The second kappa shape index (κ2) is 9.13. The van der Waals surface area contributed by atoms with E-state index in [0.29, 0.717) is 11.3 Å². The molecule has 4 rings (SSSR count). The summed E-state index contributed by atoms with van der Waals surface area (Å²) in [7, 11) is 0. The molecule has 11 heteroatoms. The molecule has 0 saturated carbocycles. The van der Waals surface area contributed by atoms with E-state index in [4.69, 9.17) is 4.74 Å². The number of nitrogens with one attached hydrogen (secondary N) is 1. The van der Waals surface area contributed by atoms with Gasteiger partial charge in [0.25, 0.3) is 11.6 Å². The van der Waals surface area contributed by atoms with Crippen LogP contribution in [0.5, 0.6) is 0 Å². The quantitative estimate of drug-likeness (QED) is 0.284. The summed E-state index contributed by atoms with van der Waals surface area (Å²) in [6.07, 6.45) is 0.198. The first-order valence-electron chi connectivity index (χ1n) is 9.70. The van der Waals surface area contributed by atoms with Gasteiger partial charge in [0.1, 0.15) is 23.7 Å². The number of non-ortho nitro benzene ring substituents is 1. The third-order valence-electron chi connectivity index (χ3n) is 5.13. The van der Waals surface area contributed by atoms with E-state index in [1.54, 1.807) is 6.92 Å². The number of nitro benzene ring substituents is 1. The number of thiophene rings is 1. The summed E-state index contributed by atoms with van der Waals surface area (Å²) < 4.78 is 5.37. The molecule has 0 bridgehead atoms. The van der Waals surface area contributed by atoms with Crippen molar-refractivity contribution in [3.8, 4) is 0 Å². The number of nitro groups is 1. The van der Waals surface area contributed by atoms with Crippen LogP contribution in [0.4, 0.5) is 5.69 Å². The number of carbonyl (C=O) groups excluding carboxylic acids is 3. The third kappa shape index (κ3) is 4.39. The number of fused-ring (bicyclic) bond motifs is 1. The smallest absolute Gasteiger partial charge is 0.355 e. The van der Waals surface area contributed by atoms with E-state index in [1.807, 2.05) is 16.8 Å². The van der Waals surface area contributed by atoms with Crippen molar-refractivity contribution in [1.82, 2.24) is 10.2 Å². The second-order valence-electron chi connectivity index (χ2n) is 7.39. The van der Waals surface area contributed by atoms with Crippen LogP contribution in [-0.2, 0) is 32.1 Å². The lowest BCUT2D eigenvalue weighted by Crippen LogP contribution is -2.70. The lowest BCUT2D eigenvalue weighted by molar-refractivity contribution is -0.384. The largest absolute Gasteiger partial charge is 0.456 e. The fourth-order valence-electron chi connectivity index (χ4n) is 3.50. The van der Waals surface area contributed by atoms with Crippen molar-refractivity contribution in [3.05, 3.63) is 73.6 Å². The van der Waals surface area contributed by atoms with Crippen LogP contribution < -0.4 is 5.32 Å². The van der Waals surface area contributed by atoms with Gasteiger partial charge in [-0.25, -0.2) is 4.79 Å². The van der Waals surface area contributed by atoms with Gasteiger partial charge in [-0.2, -0.15) is 11.3 Å². The molecule has 1 aromatic carbocycles. The average Bonchev–Trinajstić information content (AvgIpc) is 3.28. The van der Waals surface area contributed by atoms with Crippen LogP contribution >= 0.6 is 23.1 Å². The van der Waals surface area contributed by atoms with Gasteiger partial charge in [0.15, 0.2) is 0 Å². The predicted octanol–water partition coefficient (Wildman–Crippen LogP) is 2.62. The molecule has 1 unspecified atom stereocenters. The number of nitrogens with zero attached hydrogens (tertiary/aromatic N) is 2. The van der Waals surface area contributed by atoms with Crippen molar-refractivity contribution in [2.24, 2.45) is 0 Å². The number of benzene rings is 1. The number of hydrogen-bond donors (Lipinski definition) is 1. The summed E-state index contributed by atoms with van der Waals surface area (Å²) in [5, 5.41) is 16.9. The Morgan fingerprint density at radius 2 is 2.00 bits per heavy atom. The minimum absolute atomic E-state index is 0.0518. The van der Waals surface area contributed by atoms with Crippen molar-refractivity contribution in [2.75, 3.05) is 5.75 Å². The maximum atomic E-state index is 12.8. The summed E-state index contributed by atoms with van der Waals surface area (Å²) in [4.78, 5) is 49.5. The van der Waals surface area contributed by atoms with Crippen LogP contribution in [0.3, 0.4) is 0 Å². The minimum atomic E-state index is -0.684. The summed E-state index contributed by atoms with van der Waals surface area (Å²) >= 11 is 2.99. The normalized spacial score (nSPS) is 19.8. The van der Waals surface area contributed by atoms with Gasteiger partial charge in [0, 0.05) is 17.9 Å². The van der Waals surface area contributed by atoms with E-state index < -0.39 is 16.9 Å². The van der Waals surface area contributed by atoms with E-state index in [1.165, 1.54) is 52.3 Å². The molecule has 1 aromatic heterocycles. The van der Waals surface area contributed by atoms with E-state index in [9.17, 15) is 24.5 Å². The molecule has 2 aliphatic heterocycles. The molecule has 2 amide bonds. The highest BCUT2D eigenvalue weighted by Gasteiger charge is 2.53. The van der Waals surface area contributed by atoms with Gasteiger partial charge in [-0.15, -0.1) is 11.8 Å². The molecular formula is C21H19N3O6S2. The molecule has 32 heavy (non-hydrogen) atoms. The van der Waals surface area contributed by atoms with Crippen LogP contribution in [0.1, 0.15) is 18.1 Å². The SMILES string of the molecule is CC1=C(C(=O)OCc2ccc([N+](=O)[O-])cc2)N2C(=O)C(NC(=O)Cc3ccsc3)[C@@H]2SC1. The Bertz CT molecular complexity index is 1100. The molecule has 1 N–H and O–H groups in total. The zero-order chi connectivity index (χ0) is 22.8. The highest BCUT2D eigenvalue weighted by molar-refractivity contribution is 8.00. The van der Waals surface area contributed by atoms with Gasteiger partial charge in [-0.05, 0) is 52.6 Å². The van der Waals surface area contributed by atoms with Gasteiger partial charge >= 0.3 is 5.97 Å². The molecule has 1 saturated heterocycles. The maximum Gasteiger partial charge on any atom is 0.355 e. The van der Waals surface area contributed by atoms with Gasteiger partial charge in [-0.3, -0.25) is 24.6 Å². The summed E-state index contributed by atoms with van der Waals surface area (Å²) in [5.74, 6) is -0.687. The fraction of sp³-hybridized carbons (Fsp3) is 0.286. The zero-order valence-electron chi connectivity index (χ0n) is 17.0. The molecule has 0 radical (unpaired) electrons. The molecule has 0 aliphatic carbocycles. The Balaban J connectivity index is 1.38. The van der Waals surface area contributed by atoms with Gasteiger partial charge < -0.3 is 10.1 Å². The molecule has 2 aromatic rings. The number of esters is 1. The first-order valence-corrected chi connectivity index (χ1v) is 11.7. The summed E-state index contributed by atoms with van der Waals surface area (Å²) in [6.45, 7) is 1.69. The molecule has 3 heterocycles. The van der Waals surface area contributed by atoms with E-state index in [-0.39, 0.29) is 41.6 Å². The molecule has 9 nitrogen and oxygen atoms in total. The highest BCUT2D eigenvalue weighted by Crippen LogP contribution is 2.40. The van der Waals surface area contributed by atoms with Crippen molar-refractivity contribution < 1.29 is 24.0 Å². The van der Waals surface area contributed by atoms with Crippen LogP contribution in [0.2, 0.25) is 0 Å². The van der Waals surface area contributed by atoms with Crippen LogP contribution in [0.25, 0.3) is 0 Å². The number of hydrogen-bond acceptors (Lipinski definition) is 8. The molecule has 0 spiro atoms. The number of β-lactam (4-membered cyclic amide) rings is 1. The highest BCUT2D eigenvalue weighted by atomic mass is 32.2. The van der Waals surface area contributed by atoms with E-state index in [2.05, 4.69) is 5.32 Å². The number of thioether (sulfide) groups is 1. The Morgan fingerprint density at radius 1 is 1.25 bits per heavy atom. The van der Waals surface area contributed by atoms with Crippen molar-refractivity contribution in [1.29, 1.82) is 0 Å². The zero-order valence-corrected chi connectivity index (χ0v) is 18.6. The van der Waals surface area contributed by atoms with Crippen LogP contribution in [-0.4, -0.2) is 44.8 Å². The lowest BCUT2D eigenvalue weighted by Gasteiger charge is -2.49. The predicted molar refractivity (Wildman–Crippen MR) is 119 cm³/mol. The van der Waals surface area contributed by atoms with E-state index in [0.717, 1.165) is 11.1 Å². The standard InChI is InChI=1S/C21H19N3O6S2/c1-12-10-32-20-17(22-16(25)8-14-6-7-31-11-14)19(26)23(20)18(12)21(27)30-9-13-2-4-15(5-3-13)24(28)29/h2-7,11,17,20H,8-10H2,1H3,(H,22,25)/t17?,20-/m0/s1. The maximum absolute atomic E-state index is 12.8. The first-order chi connectivity index (χ1) is 15.3. The molecule has 2 atom stereocenters. The summed E-state index contributed by atoms with van der Waals surface area (Å²) in [6, 6.07) is 6.88. The van der Waals surface area contributed by atoms with Gasteiger partial charge in [0.2, 0.25) is 5.91 Å². The fourth-order valence-corrected chi connectivity index (χ4v) is 5.46. The van der Waals surface area contributed by atoms with Crippen molar-refractivity contribution >= 4 is 46.6 Å². The Hall–Kier alpha value is -3.18. The average molecular weight is 474 g/mol. The molecular weight excluding hydrogens is 454 g/mol. The molecule has 1 fully saturated rings.